The Bertz CT molecular complexity index is 1210. The second-order valence-corrected chi connectivity index (χ2v) is 9.49. The molecule has 1 heterocycles. The fourth-order valence-corrected chi connectivity index (χ4v) is 3.39. The maximum atomic E-state index is 13.4. The summed E-state index contributed by atoms with van der Waals surface area (Å²) in [5.74, 6) is -0.461. The van der Waals surface area contributed by atoms with Crippen LogP contribution in [0.5, 0.6) is 0 Å². The first-order valence-corrected chi connectivity index (χ1v) is 11.4. The zero-order valence-electron chi connectivity index (χ0n) is 19.3. The number of nitrogens with zero attached hydrogens (tertiary/aromatic N) is 3. The van der Waals surface area contributed by atoms with Crippen LogP contribution in [0.1, 0.15) is 33.4 Å². The van der Waals surface area contributed by atoms with Crippen molar-refractivity contribution in [1.82, 2.24) is 14.7 Å². The van der Waals surface area contributed by atoms with Crippen LogP contribution in [-0.4, -0.2) is 39.7 Å². The standard InChI is InChI=1S/C24H26Cl2FN5O2/c1-5-31(23(34)28-16-8-6-7-15(27)11-16)14-22(33)29-21-13-20(24(2,3)4)30-32(21)17-9-10-18(25)19(26)12-17/h6-13H,5,14H2,1-4H3,(H,28,34)(H,29,33). The number of benzene rings is 2. The van der Waals surface area contributed by atoms with Crippen LogP contribution < -0.4 is 10.6 Å². The van der Waals surface area contributed by atoms with Crippen LogP contribution in [0.15, 0.2) is 48.5 Å². The van der Waals surface area contributed by atoms with Gasteiger partial charge in [0.1, 0.15) is 18.2 Å². The quantitative estimate of drug-likeness (QED) is 0.424. The van der Waals surface area contributed by atoms with Crippen LogP contribution in [0.2, 0.25) is 10.0 Å². The predicted molar refractivity (Wildman–Crippen MR) is 134 cm³/mol. The van der Waals surface area contributed by atoms with E-state index in [9.17, 15) is 14.0 Å². The van der Waals surface area contributed by atoms with Crippen molar-refractivity contribution in [1.29, 1.82) is 0 Å². The number of rotatable bonds is 6. The predicted octanol–water partition coefficient (Wildman–Crippen LogP) is 6.11. The molecule has 0 aliphatic carbocycles. The SMILES string of the molecule is CCN(CC(=O)Nc1cc(C(C)(C)C)nn1-c1ccc(Cl)c(Cl)c1)C(=O)Nc1cccc(F)c1. The van der Waals surface area contributed by atoms with E-state index in [2.05, 4.69) is 15.7 Å². The highest BCUT2D eigenvalue weighted by molar-refractivity contribution is 6.42. The molecule has 0 aliphatic heterocycles. The summed E-state index contributed by atoms with van der Waals surface area (Å²) in [4.78, 5) is 26.8. The lowest BCUT2D eigenvalue weighted by Crippen LogP contribution is -2.40. The van der Waals surface area contributed by atoms with Crippen molar-refractivity contribution >= 4 is 46.6 Å². The van der Waals surface area contributed by atoms with E-state index in [4.69, 9.17) is 23.2 Å². The molecule has 0 fully saturated rings. The number of carbonyl (C=O) groups excluding carboxylic acids is 2. The smallest absolute Gasteiger partial charge is 0.315 e. The first kappa shape index (κ1) is 25.5. The van der Waals surface area contributed by atoms with Crippen molar-refractivity contribution in [3.8, 4) is 5.69 Å². The van der Waals surface area contributed by atoms with E-state index in [1.165, 1.54) is 23.1 Å². The Morgan fingerprint density at radius 1 is 1.06 bits per heavy atom. The molecule has 1 aromatic heterocycles. The van der Waals surface area contributed by atoms with Gasteiger partial charge >= 0.3 is 6.03 Å². The van der Waals surface area contributed by atoms with Crippen molar-refractivity contribution < 1.29 is 14.0 Å². The summed E-state index contributed by atoms with van der Waals surface area (Å²) in [5.41, 5.74) is 1.40. The Morgan fingerprint density at radius 3 is 2.41 bits per heavy atom. The van der Waals surface area contributed by atoms with Gasteiger partial charge in [0.15, 0.2) is 0 Å². The lowest BCUT2D eigenvalue weighted by Gasteiger charge is -2.21. The molecule has 0 unspecified atom stereocenters. The van der Waals surface area contributed by atoms with Crippen LogP contribution in [0, 0.1) is 5.82 Å². The summed E-state index contributed by atoms with van der Waals surface area (Å²) in [5, 5.41) is 10.8. The van der Waals surface area contributed by atoms with Crippen LogP contribution in [-0.2, 0) is 10.2 Å². The van der Waals surface area contributed by atoms with Gasteiger partial charge in [-0.25, -0.2) is 13.9 Å². The number of carbonyl (C=O) groups is 2. The highest BCUT2D eigenvalue weighted by Crippen LogP contribution is 2.29. The van der Waals surface area contributed by atoms with Gasteiger partial charge in [-0.1, -0.05) is 50.0 Å². The zero-order chi connectivity index (χ0) is 25.0. The van der Waals surface area contributed by atoms with Crippen LogP contribution in [0.25, 0.3) is 5.69 Å². The number of likely N-dealkylation sites (N-methyl/N-ethyl adjacent to an activating group) is 1. The van der Waals surface area contributed by atoms with Crippen molar-refractivity contribution in [2.45, 2.75) is 33.1 Å². The lowest BCUT2D eigenvalue weighted by molar-refractivity contribution is -0.116. The third kappa shape index (κ3) is 6.27. The van der Waals surface area contributed by atoms with E-state index >= 15 is 0 Å². The average Bonchev–Trinajstić information content (AvgIpc) is 3.18. The Hall–Kier alpha value is -3.10. The largest absolute Gasteiger partial charge is 0.322 e. The lowest BCUT2D eigenvalue weighted by atomic mass is 9.92. The number of urea groups is 1. The van der Waals surface area contributed by atoms with Gasteiger partial charge in [-0.3, -0.25) is 4.79 Å². The molecule has 180 valence electrons. The van der Waals surface area contributed by atoms with Crippen molar-refractivity contribution in [3.05, 3.63) is 70.1 Å². The molecular weight excluding hydrogens is 480 g/mol. The molecule has 3 aromatic rings. The maximum Gasteiger partial charge on any atom is 0.322 e. The molecule has 0 aliphatic rings. The fraction of sp³-hybridized carbons (Fsp3) is 0.292. The topological polar surface area (TPSA) is 79.3 Å². The third-order valence-corrected chi connectivity index (χ3v) is 5.71. The summed E-state index contributed by atoms with van der Waals surface area (Å²) in [6, 6.07) is 11.9. The molecule has 34 heavy (non-hydrogen) atoms. The van der Waals surface area contributed by atoms with Crippen LogP contribution >= 0.6 is 23.2 Å². The Kier molecular flexibility index (Phi) is 7.84. The maximum absolute atomic E-state index is 13.4. The normalized spacial score (nSPS) is 11.3. The van der Waals surface area contributed by atoms with Crippen LogP contribution in [0.4, 0.5) is 20.7 Å². The summed E-state index contributed by atoms with van der Waals surface area (Å²) in [6.45, 7) is 7.83. The monoisotopic (exact) mass is 505 g/mol. The molecule has 3 amide bonds. The average molecular weight is 506 g/mol. The highest BCUT2D eigenvalue weighted by Gasteiger charge is 2.23. The van der Waals surface area contributed by atoms with Crippen molar-refractivity contribution in [3.63, 3.8) is 0 Å². The molecule has 0 saturated carbocycles. The van der Waals surface area contributed by atoms with Gasteiger partial charge in [-0.15, -0.1) is 0 Å². The van der Waals surface area contributed by atoms with Gasteiger partial charge in [0.2, 0.25) is 5.91 Å². The van der Waals surface area contributed by atoms with Crippen LogP contribution in [0.3, 0.4) is 0 Å². The molecule has 3 rings (SSSR count). The molecule has 0 saturated heterocycles. The number of nitrogens with one attached hydrogen (secondary N) is 2. The molecule has 2 aromatic carbocycles. The summed E-state index contributed by atoms with van der Waals surface area (Å²) in [6.07, 6.45) is 0. The first-order valence-electron chi connectivity index (χ1n) is 10.6. The number of hydrogen-bond acceptors (Lipinski definition) is 3. The molecule has 0 spiro atoms. The molecule has 7 nitrogen and oxygen atoms in total. The van der Waals surface area contributed by atoms with Gasteiger partial charge in [0, 0.05) is 23.7 Å². The Morgan fingerprint density at radius 2 is 1.79 bits per heavy atom. The zero-order valence-corrected chi connectivity index (χ0v) is 20.8. The van der Waals surface area contributed by atoms with E-state index in [0.717, 1.165) is 5.69 Å². The highest BCUT2D eigenvalue weighted by atomic mass is 35.5. The molecule has 0 atom stereocenters. The number of aromatic nitrogens is 2. The van der Waals surface area contributed by atoms with E-state index in [1.807, 2.05) is 20.8 Å². The van der Waals surface area contributed by atoms with Crippen molar-refractivity contribution in [2.75, 3.05) is 23.7 Å². The van der Waals surface area contributed by atoms with Gasteiger partial charge in [0.05, 0.1) is 21.4 Å². The number of anilines is 2. The number of amides is 3. The number of hydrogen-bond donors (Lipinski definition) is 2. The van der Waals surface area contributed by atoms with Gasteiger partial charge < -0.3 is 15.5 Å². The molecule has 0 radical (unpaired) electrons. The minimum absolute atomic E-state index is 0.213. The summed E-state index contributed by atoms with van der Waals surface area (Å²) >= 11 is 12.2. The van der Waals surface area contributed by atoms with Crippen molar-refractivity contribution in [2.24, 2.45) is 0 Å². The van der Waals surface area contributed by atoms with Gasteiger partial charge in [-0.05, 0) is 43.3 Å². The summed E-state index contributed by atoms with van der Waals surface area (Å²) < 4.78 is 15.0. The molecule has 10 heteroatoms. The molecule has 0 bridgehead atoms. The molecular formula is C24H26Cl2FN5O2. The van der Waals surface area contributed by atoms with Gasteiger partial charge in [-0.2, -0.15) is 5.10 Å². The Balaban J connectivity index is 1.80. The van der Waals surface area contributed by atoms with Gasteiger partial charge in [0.25, 0.3) is 0 Å². The minimum Gasteiger partial charge on any atom is -0.315 e. The summed E-state index contributed by atoms with van der Waals surface area (Å²) in [7, 11) is 0. The molecule has 2 N–H and O–H groups in total. The second-order valence-electron chi connectivity index (χ2n) is 8.68. The third-order valence-electron chi connectivity index (χ3n) is 4.97. The van der Waals surface area contributed by atoms with E-state index < -0.39 is 17.8 Å². The Labute approximate surface area is 207 Å². The van der Waals surface area contributed by atoms with E-state index in [-0.39, 0.29) is 18.5 Å². The first-order chi connectivity index (χ1) is 16.0. The van der Waals surface area contributed by atoms with E-state index in [0.29, 0.717) is 27.2 Å². The minimum atomic E-state index is -0.517. The van der Waals surface area contributed by atoms with E-state index in [1.54, 1.807) is 41.9 Å². The number of halogens is 3. The second kappa shape index (κ2) is 10.4. The fourth-order valence-electron chi connectivity index (χ4n) is 3.10.